The van der Waals surface area contributed by atoms with Gasteiger partial charge in [-0.25, -0.2) is 0 Å². The third-order valence-corrected chi connectivity index (χ3v) is 15.8. The van der Waals surface area contributed by atoms with Crippen LogP contribution in [0.15, 0.2) is 24.3 Å². The maximum Gasteiger partial charge on any atom is 0.220 e. The van der Waals surface area contributed by atoms with Crippen molar-refractivity contribution in [3.8, 4) is 0 Å². The van der Waals surface area contributed by atoms with Crippen LogP contribution in [0.1, 0.15) is 328 Å². The Balaban J connectivity index is 2.14. The molecule has 6 N–H and O–H groups in total. The van der Waals surface area contributed by atoms with Gasteiger partial charge in [0.05, 0.1) is 25.4 Å². The monoisotopic (exact) mass is 1050 g/mol. The molecule has 0 aromatic rings. The summed E-state index contributed by atoms with van der Waals surface area (Å²) in [6, 6.07) is -0.803. The van der Waals surface area contributed by atoms with E-state index in [1.165, 1.54) is 270 Å². The number of aliphatic hydroxyl groups is 5. The smallest absolute Gasteiger partial charge is 0.220 e. The number of ether oxygens (including phenoxy) is 2. The number of carbonyl (C=O) groups is 1. The van der Waals surface area contributed by atoms with Gasteiger partial charge in [0.2, 0.25) is 5.91 Å². The molecule has 9 heteroatoms. The molecule has 0 aliphatic carbocycles. The second kappa shape index (κ2) is 55.0. The quantitative estimate of drug-likeness (QED) is 0.0261. The van der Waals surface area contributed by atoms with Crippen molar-refractivity contribution >= 4 is 5.91 Å². The van der Waals surface area contributed by atoms with Gasteiger partial charge < -0.3 is 40.3 Å². The minimum atomic E-state index is -1.57. The molecule has 1 heterocycles. The fourth-order valence-electron chi connectivity index (χ4n) is 10.6. The molecule has 0 aromatic heterocycles. The summed E-state index contributed by atoms with van der Waals surface area (Å²) in [4.78, 5) is 13.1. The average Bonchev–Trinajstić information content (AvgIpc) is 3.40. The van der Waals surface area contributed by atoms with E-state index in [2.05, 4.69) is 31.3 Å². The van der Waals surface area contributed by atoms with E-state index in [-0.39, 0.29) is 12.5 Å². The number of nitrogens with one attached hydrogen (secondary N) is 1. The third-order valence-electron chi connectivity index (χ3n) is 15.8. The zero-order chi connectivity index (χ0) is 53.6. The SMILES string of the molecule is CCCCCCCCCCCCCC/C=C\CCCCCCCCCCCCCCCCCC(=O)NC(COC1OC(CO)C(O)C(O)C1O)C(O)/C=C/CCCCCCCCCCCCCCCCCCCC. The van der Waals surface area contributed by atoms with Gasteiger partial charge in [0, 0.05) is 6.42 Å². The molecule has 0 bridgehead atoms. The number of amides is 1. The van der Waals surface area contributed by atoms with Crippen molar-refractivity contribution < 1.29 is 39.8 Å². The number of carbonyl (C=O) groups excluding carboxylic acids is 1. The normalized spacial score (nSPS) is 19.0. The molecule has 1 fully saturated rings. The lowest BCUT2D eigenvalue weighted by Crippen LogP contribution is -2.60. The predicted octanol–water partition coefficient (Wildman–Crippen LogP) is 16.9. The molecule has 1 aliphatic heterocycles. The fourth-order valence-corrected chi connectivity index (χ4v) is 10.6. The van der Waals surface area contributed by atoms with Crippen LogP contribution < -0.4 is 5.32 Å². The van der Waals surface area contributed by atoms with E-state index in [4.69, 9.17) is 9.47 Å². The van der Waals surface area contributed by atoms with Gasteiger partial charge in [0.25, 0.3) is 0 Å². The van der Waals surface area contributed by atoms with E-state index >= 15 is 0 Å². The van der Waals surface area contributed by atoms with Crippen LogP contribution in [0.3, 0.4) is 0 Å². The number of aliphatic hydroxyl groups excluding tert-OH is 5. The van der Waals surface area contributed by atoms with Crippen LogP contribution in [0.5, 0.6) is 0 Å². The van der Waals surface area contributed by atoms with Gasteiger partial charge in [-0.15, -0.1) is 0 Å². The van der Waals surface area contributed by atoms with Crippen LogP contribution >= 0.6 is 0 Å². The molecule has 74 heavy (non-hydrogen) atoms. The molecular weight excluding hydrogens is 923 g/mol. The summed E-state index contributed by atoms with van der Waals surface area (Å²) in [5, 5.41) is 54.6. The van der Waals surface area contributed by atoms with Crippen molar-refractivity contribution in [2.75, 3.05) is 13.2 Å². The van der Waals surface area contributed by atoms with Crippen LogP contribution in [0.4, 0.5) is 0 Å². The number of rotatable bonds is 57. The summed E-state index contributed by atoms with van der Waals surface area (Å²) in [5.74, 6) is -0.170. The van der Waals surface area contributed by atoms with Crippen LogP contribution in [0.25, 0.3) is 0 Å². The second-order valence-corrected chi connectivity index (χ2v) is 22.9. The van der Waals surface area contributed by atoms with Crippen LogP contribution in [0.2, 0.25) is 0 Å². The summed E-state index contributed by atoms with van der Waals surface area (Å²) in [5.41, 5.74) is 0. The minimum absolute atomic E-state index is 0.170. The van der Waals surface area contributed by atoms with E-state index in [1.54, 1.807) is 6.08 Å². The number of hydrogen-bond donors (Lipinski definition) is 6. The van der Waals surface area contributed by atoms with Crippen LogP contribution in [-0.2, 0) is 14.3 Å². The summed E-state index contributed by atoms with van der Waals surface area (Å²) in [6.07, 6.45) is 64.1. The Morgan fingerprint density at radius 1 is 0.446 bits per heavy atom. The van der Waals surface area contributed by atoms with E-state index < -0.39 is 49.5 Å². The average molecular weight is 1050 g/mol. The van der Waals surface area contributed by atoms with Gasteiger partial charge >= 0.3 is 0 Å². The molecule has 1 saturated heterocycles. The first-order valence-electron chi connectivity index (χ1n) is 32.6. The number of unbranched alkanes of at least 4 members (excludes halogenated alkanes) is 45. The van der Waals surface area contributed by atoms with Gasteiger partial charge in [0.1, 0.15) is 24.4 Å². The van der Waals surface area contributed by atoms with Gasteiger partial charge in [-0.05, 0) is 44.9 Å². The lowest BCUT2D eigenvalue weighted by Gasteiger charge is -2.40. The first kappa shape index (κ1) is 70.7. The molecule has 438 valence electrons. The Morgan fingerprint density at radius 3 is 1.09 bits per heavy atom. The molecule has 0 radical (unpaired) electrons. The molecule has 1 rings (SSSR count). The van der Waals surface area contributed by atoms with Crippen molar-refractivity contribution in [2.24, 2.45) is 0 Å². The van der Waals surface area contributed by atoms with Crippen molar-refractivity contribution in [3.05, 3.63) is 24.3 Å². The van der Waals surface area contributed by atoms with E-state index in [9.17, 15) is 30.3 Å². The number of allylic oxidation sites excluding steroid dienone is 3. The molecule has 1 aliphatic rings. The van der Waals surface area contributed by atoms with E-state index in [1.807, 2.05) is 6.08 Å². The molecule has 0 saturated carbocycles. The van der Waals surface area contributed by atoms with Gasteiger partial charge in [-0.1, -0.05) is 301 Å². The predicted molar refractivity (Wildman–Crippen MR) is 314 cm³/mol. The maximum absolute atomic E-state index is 13.1. The number of hydrogen-bond acceptors (Lipinski definition) is 8. The Morgan fingerprint density at radius 2 is 0.757 bits per heavy atom. The minimum Gasteiger partial charge on any atom is -0.394 e. The topological polar surface area (TPSA) is 149 Å². The van der Waals surface area contributed by atoms with Crippen LogP contribution in [0, 0.1) is 0 Å². The summed E-state index contributed by atoms with van der Waals surface area (Å²) in [7, 11) is 0. The van der Waals surface area contributed by atoms with E-state index in [0.717, 1.165) is 38.5 Å². The van der Waals surface area contributed by atoms with Gasteiger partial charge in [-0.2, -0.15) is 0 Å². The van der Waals surface area contributed by atoms with E-state index in [0.29, 0.717) is 6.42 Å². The lowest BCUT2D eigenvalue weighted by atomic mass is 9.99. The molecule has 0 spiro atoms. The zero-order valence-corrected chi connectivity index (χ0v) is 48.9. The second-order valence-electron chi connectivity index (χ2n) is 22.9. The Labute approximate surface area is 458 Å². The van der Waals surface area contributed by atoms with Crippen LogP contribution in [-0.4, -0.2) is 87.5 Å². The molecular formula is C65H125NO8. The molecule has 0 aromatic carbocycles. The van der Waals surface area contributed by atoms with Crippen molar-refractivity contribution in [1.29, 1.82) is 0 Å². The third kappa shape index (κ3) is 43.6. The van der Waals surface area contributed by atoms with Crippen molar-refractivity contribution in [1.82, 2.24) is 5.32 Å². The Kier molecular flexibility index (Phi) is 52.5. The first-order chi connectivity index (χ1) is 36.3. The summed E-state index contributed by atoms with van der Waals surface area (Å²) in [6.45, 7) is 3.83. The highest BCUT2D eigenvalue weighted by atomic mass is 16.7. The standard InChI is InChI=1S/C65H125NO8/c1-3-5-7-9-11-13-15-17-19-21-23-25-26-27-28-29-30-31-32-33-34-35-37-39-41-43-45-47-49-51-53-55-61(69)66-58(57-73-65-64(72)63(71)62(70)60(56-67)74-65)59(68)54-52-50-48-46-44-42-40-38-36-24-22-20-18-16-14-12-10-8-6-4-2/h27-28,52,54,58-60,62-65,67-68,70-72H,3-26,29-51,53,55-57H2,1-2H3,(H,66,69)/b28-27-,54-52+. The largest absolute Gasteiger partial charge is 0.394 e. The highest BCUT2D eigenvalue weighted by Crippen LogP contribution is 2.23. The molecule has 1 amide bonds. The van der Waals surface area contributed by atoms with Gasteiger partial charge in [-0.3, -0.25) is 4.79 Å². The summed E-state index contributed by atoms with van der Waals surface area (Å²) < 4.78 is 11.3. The lowest BCUT2D eigenvalue weighted by molar-refractivity contribution is -0.302. The maximum atomic E-state index is 13.1. The highest BCUT2D eigenvalue weighted by molar-refractivity contribution is 5.76. The molecule has 7 atom stereocenters. The Hall–Kier alpha value is -1.33. The Bertz CT molecular complexity index is 1210. The van der Waals surface area contributed by atoms with Gasteiger partial charge in [0.15, 0.2) is 6.29 Å². The molecule has 9 nitrogen and oxygen atoms in total. The fraction of sp³-hybridized carbons (Fsp3) is 0.923. The molecule has 7 unspecified atom stereocenters. The zero-order valence-electron chi connectivity index (χ0n) is 48.9. The van der Waals surface area contributed by atoms with Crippen molar-refractivity contribution in [3.63, 3.8) is 0 Å². The van der Waals surface area contributed by atoms with Crippen molar-refractivity contribution in [2.45, 2.75) is 371 Å². The summed E-state index contributed by atoms with van der Waals surface area (Å²) >= 11 is 0. The first-order valence-corrected chi connectivity index (χ1v) is 32.6. The highest BCUT2D eigenvalue weighted by Gasteiger charge is 2.44.